The highest BCUT2D eigenvalue weighted by atomic mass is 16.3. The molecule has 8 heteroatoms. The van der Waals surface area contributed by atoms with Gasteiger partial charge < -0.3 is 19.9 Å². The quantitative estimate of drug-likeness (QED) is 0.732. The molecule has 4 rings (SSSR count). The summed E-state index contributed by atoms with van der Waals surface area (Å²) in [4.78, 5) is 11.5. The van der Waals surface area contributed by atoms with Gasteiger partial charge in [0.05, 0.1) is 17.7 Å². The van der Waals surface area contributed by atoms with Crippen LogP contribution in [0.15, 0.2) is 30.6 Å². The summed E-state index contributed by atoms with van der Waals surface area (Å²) in [5.41, 5.74) is 0.0256. The number of hydrogen-bond donors (Lipinski definition) is 2. The van der Waals surface area contributed by atoms with Crippen molar-refractivity contribution in [3.8, 4) is 0 Å². The molecule has 3 aromatic rings. The second-order valence-electron chi connectivity index (χ2n) is 6.92. The van der Waals surface area contributed by atoms with Gasteiger partial charge in [-0.05, 0) is 25.0 Å². The van der Waals surface area contributed by atoms with Crippen LogP contribution in [0.1, 0.15) is 18.7 Å². The summed E-state index contributed by atoms with van der Waals surface area (Å²) in [6.45, 7) is 1.30. The SMILES string of the molecule is CNc1nc(N2CCCC(O)(Cc3nncn3C)C2)nc2ccccc12. The van der Waals surface area contributed by atoms with E-state index in [1.165, 1.54) is 0 Å². The standard InChI is InChI=1S/C18H23N7O/c1-19-16-13-6-3-4-7-14(13)21-17(22-16)25-9-5-8-18(26,11-25)10-15-23-20-12-24(15)2/h3-4,6-7,12,26H,5,8-11H2,1-2H3,(H,19,21,22). The minimum absolute atomic E-state index is 0.465. The van der Waals surface area contributed by atoms with Crippen LogP contribution in [0.4, 0.5) is 11.8 Å². The number of nitrogens with zero attached hydrogens (tertiary/aromatic N) is 6. The fourth-order valence-corrected chi connectivity index (χ4v) is 3.59. The van der Waals surface area contributed by atoms with Gasteiger partial charge in [0.1, 0.15) is 18.0 Å². The summed E-state index contributed by atoms with van der Waals surface area (Å²) in [6.07, 6.45) is 3.72. The maximum absolute atomic E-state index is 11.1. The van der Waals surface area contributed by atoms with Gasteiger partial charge in [-0.3, -0.25) is 0 Å². The van der Waals surface area contributed by atoms with E-state index in [9.17, 15) is 5.11 Å². The number of aryl methyl sites for hydroxylation is 1. The Morgan fingerprint density at radius 1 is 1.27 bits per heavy atom. The van der Waals surface area contributed by atoms with Gasteiger partial charge in [0.25, 0.3) is 0 Å². The molecule has 1 aliphatic rings. The first-order valence-electron chi connectivity index (χ1n) is 8.83. The van der Waals surface area contributed by atoms with E-state index < -0.39 is 5.60 Å². The van der Waals surface area contributed by atoms with Gasteiger partial charge in [-0.2, -0.15) is 4.98 Å². The van der Waals surface area contributed by atoms with Crippen molar-refractivity contribution in [3.05, 3.63) is 36.4 Å². The van der Waals surface area contributed by atoms with Gasteiger partial charge in [-0.1, -0.05) is 12.1 Å². The Labute approximate surface area is 151 Å². The molecule has 0 amide bonds. The van der Waals surface area contributed by atoms with E-state index in [1.54, 1.807) is 6.33 Å². The minimum Gasteiger partial charge on any atom is -0.388 e. The Morgan fingerprint density at radius 2 is 2.12 bits per heavy atom. The van der Waals surface area contributed by atoms with Crippen molar-refractivity contribution in [1.82, 2.24) is 24.7 Å². The van der Waals surface area contributed by atoms with E-state index >= 15 is 0 Å². The van der Waals surface area contributed by atoms with Crippen molar-refractivity contribution in [3.63, 3.8) is 0 Å². The first-order chi connectivity index (χ1) is 12.6. The molecule has 0 bridgehead atoms. The van der Waals surface area contributed by atoms with Crippen LogP contribution in [-0.2, 0) is 13.5 Å². The molecule has 1 unspecified atom stereocenters. The number of β-amino-alcohol motifs (C(OH)–C–C–N with tert-alkyl or cyclic N) is 1. The third-order valence-corrected chi connectivity index (χ3v) is 4.96. The highest BCUT2D eigenvalue weighted by molar-refractivity contribution is 5.89. The molecule has 26 heavy (non-hydrogen) atoms. The van der Waals surface area contributed by atoms with Crippen molar-refractivity contribution in [2.75, 3.05) is 30.4 Å². The van der Waals surface area contributed by atoms with Gasteiger partial charge in [0.2, 0.25) is 5.95 Å². The highest BCUT2D eigenvalue weighted by Gasteiger charge is 2.36. The van der Waals surface area contributed by atoms with E-state index in [2.05, 4.69) is 25.4 Å². The smallest absolute Gasteiger partial charge is 0.227 e. The predicted octanol–water partition coefficient (Wildman–Crippen LogP) is 1.37. The van der Waals surface area contributed by atoms with Crippen LogP contribution >= 0.6 is 0 Å². The molecule has 0 aliphatic carbocycles. The summed E-state index contributed by atoms with van der Waals surface area (Å²) in [5.74, 6) is 2.22. The maximum atomic E-state index is 11.1. The van der Waals surface area contributed by atoms with E-state index in [-0.39, 0.29) is 0 Å². The molecule has 136 valence electrons. The first kappa shape index (κ1) is 16.7. The second-order valence-corrected chi connectivity index (χ2v) is 6.92. The Hall–Kier alpha value is -2.74. The third kappa shape index (κ3) is 3.08. The lowest BCUT2D eigenvalue weighted by Gasteiger charge is -2.39. The molecular formula is C18H23N7O. The molecule has 0 radical (unpaired) electrons. The monoisotopic (exact) mass is 353 g/mol. The highest BCUT2D eigenvalue weighted by Crippen LogP contribution is 2.29. The molecule has 1 fully saturated rings. The molecule has 0 spiro atoms. The second kappa shape index (κ2) is 6.53. The van der Waals surface area contributed by atoms with E-state index in [4.69, 9.17) is 4.98 Å². The zero-order valence-electron chi connectivity index (χ0n) is 15.1. The molecule has 0 saturated carbocycles. The van der Waals surface area contributed by atoms with E-state index in [0.29, 0.717) is 18.9 Å². The van der Waals surface area contributed by atoms with Crippen LogP contribution in [0.5, 0.6) is 0 Å². The molecular weight excluding hydrogens is 330 g/mol. The van der Waals surface area contributed by atoms with Gasteiger partial charge >= 0.3 is 0 Å². The molecule has 8 nitrogen and oxygen atoms in total. The lowest BCUT2D eigenvalue weighted by Crippen LogP contribution is -2.50. The molecule has 2 N–H and O–H groups in total. The Kier molecular flexibility index (Phi) is 4.20. The maximum Gasteiger partial charge on any atom is 0.227 e. The van der Waals surface area contributed by atoms with Crippen LogP contribution in [0, 0.1) is 0 Å². The van der Waals surface area contributed by atoms with E-state index in [1.807, 2.05) is 42.9 Å². The summed E-state index contributed by atoms with van der Waals surface area (Å²) < 4.78 is 1.85. The number of para-hydroxylation sites is 1. The van der Waals surface area contributed by atoms with Gasteiger partial charge in [-0.15, -0.1) is 10.2 Å². The molecule has 1 atom stereocenters. The Bertz CT molecular complexity index is 925. The van der Waals surface area contributed by atoms with Gasteiger partial charge in [-0.25, -0.2) is 4.98 Å². The average molecular weight is 353 g/mol. The fourth-order valence-electron chi connectivity index (χ4n) is 3.59. The number of rotatable bonds is 4. The van der Waals surface area contributed by atoms with Crippen LogP contribution in [-0.4, -0.2) is 55.6 Å². The molecule has 1 aromatic carbocycles. The Balaban J connectivity index is 1.63. The number of anilines is 2. The number of aromatic nitrogens is 5. The van der Waals surface area contributed by atoms with Crippen LogP contribution in [0.2, 0.25) is 0 Å². The van der Waals surface area contributed by atoms with Gasteiger partial charge in [0, 0.05) is 32.4 Å². The van der Waals surface area contributed by atoms with Crippen LogP contribution < -0.4 is 10.2 Å². The molecule has 2 aromatic heterocycles. The zero-order valence-corrected chi connectivity index (χ0v) is 15.1. The largest absolute Gasteiger partial charge is 0.388 e. The topological polar surface area (TPSA) is 92.0 Å². The van der Waals surface area contributed by atoms with Crippen molar-refractivity contribution < 1.29 is 5.11 Å². The van der Waals surface area contributed by atoms with Crippen molar-refractivity contribution in [2.45, 2.75) is 24.9 Å². The number of piperidine rings is 1. The molecule has 3 heterocycles. The molecule has 1 aliphatic heterocycles. The van der Waals surface area contributed by atoms with E-state index in [0.717, 1.165) is 41.9 Å². The summed E-state index contributed by atoms with van der Waals surface area (Å²) in [7, 11) is 3.75. The van der Waals surface area contributed by atoms with Crippen molar-refractivity contribution in [1.29, 1.82) is 0 Å². The first-order valence-corrected chi connectivity index (χ1v) is 8.83. The Morgan fingerprint density at radius 3 is 2.88 bits per heavy atom. The number of fused-ring (bicyclic) bond motifs is 1. The number of nitrogens with one attached hydrogen (secondary N) is 1. The number of aliphatic hydroxyl groups is 1. The van der Waals surface area contributed by atoms with Crippen molar-refractivity contribution >= 4 is 22.7 Å². The normalized spacial score (nSPS) is 20.5. The third-order valence-electron chi connectivity index (χ3n) is 4.96. The number of benzene rings is 1. The predicted molar refractivity (Wildman–Crippen MR) is 100 cm³/mol. The lowest BCUT2D eigenvalue weighted by molar-refractivity contribution is 0.0234. The fraction of sp³-hybridized carbons (Fsp3) is 0.444. The van der Waals surface area contributed by atoms with Gasteiger partial charge in [0.15, 0.2) is 0 Å². The average Bonchev–Trinajstić information content (AvgIpc) is 3.04. The minimum atomic E-state index is -0.867. The molecule has 1 saturated heterocycles. The van der Waals surface area contributed by atoms with Crippen LogP contribution in [0.3, 0.4) is 0 Å². The zero-order chi connectivity index (χ0) is 18.1. The lowest BCUT2D eigenvalue weighted by atomic mass is 9.89. The summed E-state index contributed by atoms with van der Waals surface area (Å²) in [6, 6.07) is 7.94. The number of hydrogen-bond acceptors (Lipinski definition) is 7. The summed E-state index contributed by atoms with van der Waals surface area (Å²) in [5, 5.41) is 23.3. The summed E-state index contributed by atoms with van der Waals surface area (Å²) >= 11 is 0. The van der Waals surface area contributed by atoms with Crippen molar-refractivity contribution in [2.24, 2.45) is 7.05 Å². The van der Waals surface area contributed by atoms with Crippen LogP contribution in [0.25, 0.3) is 10.9 Å².